The summed E-state index contributed by atoms with van der Waals surface area (Å²) in [6.45, 7) is 0. The van der Waals surface area contributed by atoms with Gasteiger partial charge in [-0.25, -0.2) is 9.97 Å². The monoisotopic (exact) mass is 477 g/mol. The smallest absolute Gasteiger partial charge is 0.178 e. The number of nitrogens with zero attached hydrogens (tertiary/aromatic N) is 4. The molecule has 4 N–H and O–H groups in total. The van der Waals surface area contributed by atoms with Gasteiger partial charge in [0.2, 0.25) is 0 Å². The lowest BCUT2D eigenvalue weighted by molar-refractivity contribution is 0.0851. The van der Waals surface area contributed by atoms with Gasteiger partial charge in [-0.3, -0.25) is 10.1 Å². The Kier molecular flexibility index (Phi) is 4.81. The molecule has 0 aliphatic heterocycles. The highest BCUT2D eigenvalue weighted by atomic mass is 16.3. The van der Waals surface area contributed by atoms with Gasteiger partial charge in [0.25, 0.3) is 0 Å². The zero-order chi connectivity index (χ0) is 24.1. The summed E-state index contributed by atoms with van der Waals surface area (Å²) in [7, 11) is 0. The van der Waals surface area contributed by atoms with Crippen LogP contribution in [-0.2, 0) is 0 Å². The average Bonchev–Trinajstić information content (AvgIpc) is 3.61. The van der Waals surface area contributed by atoms with Crippen molar-refractivity contribution in [3.63, 3.8) is 0 Å². The molecular weight excluding hydrogens is 454 g/mol. The van der Waals surface area contributed by atoms with Crippen LogP contribution in [0.15, 0.2) is 71.9 Å². The minimum absolute atomic E-state index is 0.311. The molecule has 5 heterocycles. The summed E-state index contributed by atoms with van der Waals surface area (Å²) in [5.74, 6) is 0.944. The van der Waals surface area contributed by atoms with Crippen LogP contribution in [0.25, 0.3) is 55.8 Å². The second-order valence-corrected chi connectivity index (χ2v) is 9.23. The van der Waals surface area contributed by atoms with Crippen molar-refractivity contribution in [2.24, 2.45) is 5.92 Å². The number of imidazole rings is 1. The Labute approximate surface area is 205 Å². The van der Waals surface area contributed by atoms with Crippen molar-refractivity contribution in [3.05, 3.63) is 67.5 Å². The van der Waals surface area contributed by atoms with Crippen molar-refractivity contribution in [2.45, 2.75) is 25.5 Å². The summed E-state index contributed by atoms with van der Waals surface area (Å²) in [6, 6.07) is 12.0. The highest BCUT2D eigenvalue weighted by Gasteiger charge is 2.25. The zero-order valence-electron chi connectivity index (χ0n) is 19.3. The fourth-order valence-electron chi connectivity index (χ4n) is 4.78. The summed E-state index contributed by atoms with van der Waals surface area (Å²) in [5.41, 5.74) is 7.72. The highest BCUT2D eigenvalue weighted by molar-refractivity contribution is 5.97. The lowest BCUT2D eigenvalue weighted by atomic mass is 9.84. The summed E-state index contributed by atoms with van der Waals surface area (Å²) in [5, 5.41) is 22.2. The van der Waals surface area contributed by atoms with Gasteiger partial charge in [-0.1, -0.05) is 12.5 Å². The number of benzene rings is 1. The van der Waals surface area contributed by atoms with E-state index < -0.39 is 6.23 Å². The predicted octanol–water partition coefficient (Wildman–Crippen LogP) is 5.35. The number of fused-ring (bicyclic) bond motifs is 2. The molecule has 1 fully saturated rings. The van der Waals surface area contributed by atoms with E-state index in [1.54, 1.807) is 24.9 Å². The highest BCUT2D eigenvalue weighted by Crippen LogP contribution is 2.34. The van der Waals surface area contributed by atoms with E-state index >= 15 is 0 Å². The molecule has 5 aromatic heterocycles. The molecule has 1 aromatic carbocycles. The molecule has 1 aliphatic rings. The molecule has 1 atom stereocenters. The van der Waals surface area contributed by atoms with Gasteiger partial charge in [-0.15, -0.1) is 0 Å². The Hall–Kier alpha value is -4.50. The van der Waals surface area contributed by atoms with E-state index in [1.165, 1.54) is 6.42 Å². The number of aromatic amines is 2. The normalized spacial score (nSPS) is 14.8. The third kappa shape index (κ3) is 3.52. The second-order valence-electron chi connectivity index (χ2n) is 9.23. The first-order valence-electron chi connectivity index (χ1n) is 12.0. The molecule has 1 aliphatic carbocycles. The van der Waals surface area contributed by atoms with E-state index in [1.807, 2.05) is 36.5 Å². The first kappa shape index (κ1) is 20.8. The van der Waals surface area contributed by atoms with Crippen molar-refractivity contribution < 1.29 is 9.52 Å². The van der Waals surface area contributed by atoms with E-state index in [0.717, 1.165) is 57.2 Å². The number of pyridine rings is 2. The number of hydrogen-bond donors (Lipinski definition) is 4. The number of H-pyrrole nitrogens is 2. The number of furan rings is 1. The third-order valence-electron chi connectivity index (χ3n) is 6.99. The molecule has 7 rings (SSSR count). The maximum atomic E-state index is 10.4. The number of nitrogens with one attached hydrogen (secondary N) is 3. The van der Waals surface area contributed by atoms with E-state index in [2.05, 4.69) is 36.5 Å². The van der Waals surface area contributed by atoms with Crippen molar-refractivity contribution in [1.82, 2.24) is 30.1 Å². The average molecular weight is 478 g/mol. The van der Waals surface area contributed by atoms with Gasteiger partial charge in [-0.05, 0) is 48.7 Å². The summed E-state index contributed by atoms with van der Waals surface area (Å²) < 4.78 is 5.26. The molecule has 0 bridgehead atoms. The molecule has 0 spiro atoms. The molecule has 0 saturated heterocycles. The van der Waals surface area contributed by atoms with Crippen LogP contribution in [0.5, 0.6) is 0 Å². The molecule has 1 saturated carbocycles. The van der Waals surface area contributed by atoms with Crippen LogP contribution < -0.4 is 5.32 Å². The van der Waals surface area contributed by atoms with Gasteiger partial charge < -0.3 is 19.8 Å². The third-order valence-corrected chi connectivity index (χ3v) is 6.99. The van der Waals surface area contributed by atoms with Crippen LogP contribution in [0.3, 0.4) is 0 Å². The quantitative estimate of drug-likeness (QED) is 0.238. The Bertz CT molecular complexity index is 1680. The number of anilines is 1. The van der Waals surface area contributed by atoms with Gasteiger partial charge in [-0.2, -0.15) is 5.10 Å². The summed E-state index contributed by atoms with van der Waals surface area (Å²) >= 11 is 0. The first-order chi connectivity index (χ1) is 17.7. The lowest BCUT2D eigenvalue weighted by Crippen LogP contribution is -2.33. The minimum atomic E-state index is -0.549. The Morgan fingerprint density at radius 2 is 2.00 bits per heavy atom. The molecule has 9 nitrogen and oxygen atoms in total. The van der Waals surface area contributed by atoms with Crippen LogP contribution >= 0.6 is 0 Å². The van der Waals surface area contributed by atoms with Crippen molar-refractivity contribution >= 4 is 27.8 Å². The SMILES string of the molecule is OC(Nc1cncc(-c2ccc3[nH]nc(-c4nc5nccc(-c6ccoc6)c5[nH]4)c3c2)c1)C1CCC1. The van der Waals surface area contributed by atoms with Crippen LogP contribution in [0.1, 0.15) is 19.3 Å². The Morgan fingerprint density at radius 1 is 1.06 bits per heavy atom. The van der Waals surface area contributed by atoms with Crippen molar-refractivity contribution in [2.75, 3.05) is 5.32 Å². The first-order valence-corrected chi connectivity index (χ1v) is 12.0. The maximum Gasteiger partial charge on any atom is 0.178 e. The molecule has 9 heteroatoms. The number of aliphatic hydroxyl groups is 1. The van der Waals surface area contributed by atoms with E-state index in [4.69, 9.17) is 9.40 Å². The number of aromatic nitrogens is 6. The maximum absolute atomic E-state index is 10.4. The predicted molar refractivity (Wildman–Crippen MR) is 137 cm³/mol. The van der Waals surface area contributed by atoms with Crippen LogP contribution in [0.2, 0.25) is 0 Å². The molecule has 6 aromatic rings. The molecular formula is C27H23N7O2. The van der Waals surface area contributed by atoms with Gasteiger partial charge in [0.1, 0.15) is 11.9 Å². The van der Waals surface area contributed by atoms with Crippen LogP contribution in [0, 0.1) is 5.92 Å². The number of aliphatic hydroxyl groups excluding tert-OH is 1. The molecule has 36 heavy (non-hydrogen) atoms. The van der Waals surface area contributed by atoms with Crippen LogP contribution in [-0.4, -0.2) is 41.5 Å². The molecule has 0 amide bonds. The topological polar surface area (TPSA) is 129 Å². The van der Waals surface area contributed by atoms with Gasteiger partial charge in [0.05, 0.1) is 35.4 Å². The number of hydrogen-bond acceptors (Lipinski definition) is 7. The molecule has 1 unspecified atom stereocenters. The number of rotatable bonds is 6. The largest absolute Gasteiger partial charge is 0.472 e. The Balaban J connectivity index is 1.26. The van der Waals surface area contributed by atoms with E-state index in [-0.39, 0.29) is 0 Å². The Morgan fingerprint density at radius 3 is 2.83 bits per heavy atom. The lowest BCUT2D eigenvalue weighted by Gasteiger charge is -2.31. The fraction of sp³-hybridized carbons (Fsp3) is 0.185. The minimum Gasteiger partial charge on any atom is -0.472 e. The zero-order valence-corrected chi connectivity index (χ0v) is 19.3. The van der Waals surface area contributed by atoms with Gasteiger partial charge in [0.15, 0.2) is 11.5 Å². The summed E-state index contributed by atoms with van der Waals surface area (Å²) in [4.78, 5) is 17.0. The van der Waals surface area contributed by atoms with Gasteiger partial charge in [0, 0.05) is 40.4 Å². The van der Waals surface area contributed by atoms with E-state index in [0.29, 0.717) is 23.1 Å². The standard InChI is InChI=1S/C27H23N7O2/c35-27(15-2-1-3-15)30-19-10-18(12-28-13-19)16-4-5-22-21(11-16)24(34-33-22)26-31-23-20(17-7-9-36-14-17)6-8-29-25(23)32-26/h4-15,27,30,35H,1-3H2,(H,33,34)(H,29,31,32). The molecule has 0 radical (unpaired) electrons. The fourth-order valence-corrected chi connectivity index (χ4v) is 4.78. The van der Waals surface area contributed by atoms with Crippen molar-refractivity contribution in [1.29, 1.82) is 0 Å². The second kappa shape index (κ2) is 8.31. The van der Waals surface area contributed by atoms with Crippen LogP contribution in [0.4, 0.5) is 5.69 Å². The van der Waals surface area contributed by atoms with Crippen molar-refractivity contribution in [3.8, 4) is 33.8 Å². The molecule has 178 valence electrons. The van der Waals surface area contributed by atoms with Gasteiger partial charge >= 0.3 is 0 Å². The van der Waals surface area contributed by atoms with E-state index in [9.17, 15) is 5.11 Å². The summed E-state index contributed by atoms with van der Waals surface area (Å²) in [6.07, 6.45) is 11.4.